The zero-order valence-electron chi connectivity index (χ0n) is 18.2. The summed E-state index contributed by atoms with van der Waals surface area (Å²) in [4.78, 5) is 26.9. The molecule has 0 unspecified atom stereocenters. The molecule has 2 N–H and O–H groups in total. The standard InChI is InChI=1S/C23H25ClF3N3O3/c1-22(2,33-19-8-6-16(24)7-9-19)20(31)30-12-10-17(11-13-30)28-21(32)29-18-5-3-4-15(14-18)23(25,26)27/h3-9,14,17H,10-13H2,1-2H3,(H2,28,29,32). The van der Waals surface area contributed by atoms with Crippen molar-refractivity contribution in [1.29, 1.82) is 0 Å². The first-order chi connectivity index (χ1) is 15.4. The van der Waals surface area contributed by atoms with Crippen LogP contribution in [-0.2, 0) is 11.0 Å². The number of likely N-dealkylation sites (tertiary alicyclic amines) is 1. The van der Waals surface area contributed by atoms with Crippen molar-refractivity contribution in [3.05, 3.63) is 59.1 Å². The van der Waals surface area contributed by atoms with Crippen LogP contribution in [0.3, 0.4) is 0 Å². The van der Waals surface area contributed by atoms with E-state index in [0.29, 0.717) is 36.7 Å². The van der Waals surface area contributed by atoms with Gasteiger partial charge in [0.25, 0.3) is 5.91 Å². The zero-order valence-corrected chi connectivity index (χ0v) is 19.0. The van der Waals surface area contributed by atoms with E-state index in [1.54, 1.807) is 43.0 Å². The third kappa shape index (κ3) is 6.77. The van der Waals surface area contributed by atoms with E-state index in [1.807, 2.05) is 0 Å². The highest BCUT2D eigenvalue weighted by Crippen LogP contribution is 2.30. The highest BCUT2D eigenvalue weighted by Gasteiger charge is 2.36. The third-order valence-electron chi connectivity index (χ3n) is 5.27. The van der Waals surface area contributed by atoms with Crippen LogP contribution < -0.4 is 15.4 Å². The van der Waals surface area contributed by atoms with Crippen molar-refractivity contribution < 1.29 is 27.5 Å². The number of piperidine rings is 1. The minimum Gasteiger partial charge on any atom is -0.478 e. The first-order valence-electron chi connectivity index (χ1n) is 10.4. The van der Waals surface area contributed by atoms with Crippen LogP contribution >= 0.6 is 11.6 Å². The van der Waals surface area contributed by atoms with Gasteiger partial charge < -0.3 is 20.3 Å². The summed E-state index contributed by atoms with van der Waals surface area (Å²) in [7, 11) is 0. The summed E-state index contributed by atoms with van der Waals surface area (Å²) in [6.07, 6.45) is -3.46. The molecule has 2 aromatic rings. The summed E-state index contributed by atoms with van der Waals surface area (Å²) in [6.45, 7) is 4.22. The number of nitrogens with zero attached hydrogens (tertiary/aromatic N) is 1. The van der Waals surface area contributed by atoms with Crippen LogP contribution in [-0.4, -0.2) is 41.6 Å². The number of benzene rings is 2. The molecule has 33 heavy (non-hydrogen) atoms. The first-order valence-corrected chi connectivity index (χ1v) is 10.8. The summed E-state index contributed by atoms with van der Waals surface area (Å²) in [5, 5.41) is 5.75. The summed E-state index contributed by atoms with van der Waals surface area (Å²) in [5.41, 5.74) is -1.87. The topological polar surface area (TPSA) is 70.7 Å². The molecule has 1 fully saturated rings. The maximum absolute atomic E-state index is 13.0. The molecule has 1 saturated heterocycles. The summed E-state index contributed by atoms with van der Waals surface area (Å²) in [5.74, 6) is 0.352. The number of rotatable bonds is 5. The molecule has 1 aliphatic rings. The number of urea groups is 1. The van der Waals surface area contributed by atoms with E-state index in [2.05, 4.69) is 10.6 Å². The molecular formula is C23H25ClF3N3O3. The number of halogens is 4. The number of anilines is 1. The number of carbonyl (C=O) groups is 2. The van der Waals surface area contributed by atoms with Gasteiger partial charge in [-0.2, -0.15) is 13.2 Å². The van der Waals surface area contributed by atoms with E-state index >= 15 is 0 Å². The van der Waals surface area contributed by atoms with Gasteiger partial charge >= 0.3 is 12.2 Å². The number of amides is 3. The van der Waals surface area contributed by atoms with Crippen LogP contribution in [0, 0.1) is 0 Å². The molecule has 6 nitrogen and oxygen atoms in total. The molecule has 3 amide bonds. The Kier molecular flexibility index (Phi) is 7.41. The van der Waals surface area contributed by atoms with E-state index in [0.717, 1.165) is 12.1 Å². The van der Waals surface area contributed by atoms with Gasteiger partial charge in [0.1, 0.15) is 5.75 Å². The second-order valence-electron chi connectivity index (χ2n) is 8.31. The lowest BCUT2D eigenvalue weighted by Gasteiger charge is -2.37. The third-order valence-corrected chi connectivity index (χ3v) is 5.52. The number of nitrogens with one attached hydrogen (secondary N) is 2. The van der Waals surface area contributed by atoms with Crippen LogP contribution in [0.4, 0.5) is 23.7 Å². The van der Waals surface area contributed by atoms with Crippen molar-refractivity contribution in [2.24, 2.45) is 0 Å². The lowest BCUT2D eigenvalue weighted by atomic mass is 10.0. The smallest absolute Gasteiger partial charge is 0.416 e. The molecule has 0 bridgehead atoms. The van der Waals surface area contributed by atoms with Crippen molar-refractivity contribution in [2.75, 3.05) is 18.4 Å². The molecule has 10 heteroatoms. The lowest BCUT2D eigenvalue weighted by molar-refractivity contribution is -0.146. The van der Waals surface area contributed by atoms with Crippen LogP contribution in [0.2, 0.25) is 5.02 Å². The number of hydrogen-bond donors (Lipinski definition) is 2. The van der Waals surface area contributed by atoms with Gasteiger partial charge in [0.15, 0.2) is 5.60 Å². The van der Waals surface area contributed by atoms with Crippen LogP contribution in [0.1, 0.15) is 32.3 Å². The molecule has 1 heterocycles. The van der Waals surface area contributed by atoms with Crippen molar-refractivity contribution >= 4 is 29.2 Å². The zero-order chi connectivity index (χ0) is 24.2. The van der Waals surface area contributed by atoms with Gasteiger partial charge in [-0.25, -0.2) is 4.79 Å². The molecule has 0 saturated carbocycles. The Hall–Kier alpha value is -2.94. The van der Waals surface area contributed by atoms with Gasteiger partial charge in [-0.05, 0) is 69.2 Å². The molecule has 0 aromatic heterocycles. The summed E-state index contributed by atoms with van der Waals surface area (Å²) < 4.78 is 44.3. The van der Waals surface area contributed by atoms with Crippen molar-refractivity contribution in [2.45, 2.75) is 44.5 Å². The Balaban J connectivity index is 1.49. The molecular weight excluding hydrogens is 459 g/mol. The van der Waals surface area contributed by atoms with Gasteiger partial charge in [0.05, 0.1) is 5.56 Å². The van der Waals surface area contributed by atoms with E-state index in [4.69, 9.17) is 16.3 Å². The van der Waals surface area contributed by atoms with Crippen molar-refractivity contribution in [3.63, 3.8) is 0 Å². The minimum absolute atomic E-state index is 0.0519. The number of ether oxygens (including phenoxy) is 1. The molecule has 2 aromatic carbocycles. The average Bonchev–Trinajstić information content (AvgIpc) is 2.75. The highest BCUT2D eigenvalue weighted by atomic mass is 35.5. The Labute approximate surface area is 195 Å². The highest BCUT2D eigenvalue weighted by molar-refractivity contribution is 6.30. The van der Waals surface area contributed by atoms with Crippen molar-refractivity contribution in [1.82, 2.24) is 10.2 Å². The Bertz CT molecular complexity index is 988. The lowest BCUT2D eigenvalue weighted by Crippen LogP contribution is -2.54. The predicted octanol–water partition coefficient (Wildman–Crippen LogP) is 5.33. The summed E-state index contributed by atoms with van der Waals surface area (Å²) >= 11 is 5.88. The maximum Gasteiger partial charge on any atom is 0.416 e. The minimum atomic E-state index is -4.49. The molecule has 178 valence electrons. The molecule has 3 rings (SSSR count). The van der Waals surface area contributed by atoms with Gasteiger partial charge in [-0.3, -0.25) is 4.79 Å². The maximum atomic E-state index is 13.0. The Morgan fingerprint density at radius 3 is 2.30 bits per heavy atom. The normalized spacial score (nSPS) is 15.2. The second-order valence-corrected chi connectivity index (χ2v) is 8.75. The SMILES string of the molecule is CC(C)(Oc1ccc(Cl)cc1)C(=O)N1CCC(NC(=O)Nc2cccc(C(F)(F)F)c2)CC1. The van der Waals surface area contributed by atoms with Gasteiger partial charge in [-0.1, -0.05) is 17.7 Å². The Morgan fingerprint density at radius 2 is 1.70 bits per heavy atom. The fourth-order valence-electron chi connectivity index (χ4n) is 3.57. The van der Waals surface area contributed by atoms with E-state index in [1.165, 1.54) is 12.1 Å². The molecule has 1 aliphatic heterocycles. The van der Waals surface area contributed by atoms with Crippen LogP contribution in [0.15, 0.2) is 48.5 Å². The first kappa shape index (κ1) is 24.7. The van der Waals surface area contributed by atoms with Gasteiger partial charge in [0.2, 0.25) is 0 Å². The Morgan fingerprint density at radius 1 is 1.06 bits per heavy atom. The van der Waals surface area contributed by atoms with Crippen LogP contribution in [0.5, 0.6) is 5.75 Å². The second kappa shape index (κ2) is 9.91. The van der Waals surface area contributed by atoms with Gasteiger partial charge in [-0.15, -0.1) is 0 Å². The van der Waals surface area contributed by atoms with Gasteiger partial charge in [0, 0.05) is 29.8 Å². The summed E-state index contributed by atoms with van der Waals surface area (Å²) in [6, 6.07) is 10.4. The largest absolute Gasteiger partial charge is 0.478 e. The fourth-order valence-corrected chi connectivity index (χ4v) is 3.70. The number of carbonyl (C=O) groups excluding carboxylic acids is 2. The predicted molar refractivity (Wildman–Crippen MR) is 119 cm³/mol. The molecule has 0 spiro atoms. The fraction of sp³-hybridized carbons (Fsp3) is 0.391. The molecule has 0 atom stereocenters. The van der Waals surface area contributed by atoms with E-state index in [-0.39, 0.29) is 17.6 Å². The molecule has 0 radical (unpaired) electrons. The average molecular weight is 484 g/mol. The van der Waals surface area contributed by atoms with E-state index in [9.17, 15) is 22.8 Å². The molecule has 0 aliphatic carbocycles. The van der Waals surface area contributed by atoms with Crippen molar-refractivity contribution in [3.8, 4) is 5.75 Å². The number of hydrogen-bond acceptors (Lipinski definition) is 3. The van der Waals surface area contributed by atoms with Crippen LogP contribution in [0.25, 0.3) is 0 Å². The monoisotopic (exact) mass is 483 g/mol. The quantitative estimate of drug-likeness (QED) is 0.604. The van der Waals surface area contributed by atoms with E-state index < -0.39 is 23.4 Å². The number of alkyl halides is 3.